The van der Waals surface area contributed by atoms with E-state index >= 15 is 0 Å². The summed E-state index contributed by atoms with van der Waals surface area (Å²) in [5, 5.41) is 2.82. The first-order valence-electron chi connectivity index (χ1n) is 5.83. The maximum atomic E-state index is 11.7. The monoisotopic (exact) mass is 310 g/mol. The van der Waals surface area contributed by atoms with Gasteiger partial charge >= 0.3 is 0 Å². The lowest BCUT2D eigenvalue weighted by atomic mass is 9.92. The van der Waals surface area contributed by atoms with E-state index in [2.05, 4.69) is 21.2 Å². The van der Waals surface area contributed by atoms with E-state index < -0.39 is 0 Å². The Balaban J connectivity index is 2.51. The molecular weight excluding hydrogens is 296 g/mol. The SMILES string of the molecule is CC(=O)N1c2ccc(Br)cc2C(NC=O)CC1C. The van der Waals surface area contributed by atoms with Gasteiger partial charge in [-0.1, -0.05) is 15.9 Å². The normalized spacial score (nSPS) is 22.3. The molecule has 1 N–H and O–H groups in total. The molecule has 0 aliphatic carbocycles. The average Bonchev–Trinajstić information content (AvgIpc) is 2.29. The van der Waals surface area contributed by atoms with E-state index in [9.17, 15) is 9.59 Å². The number of carbonyl (C=O) groups excluding carboxylic acids is 2. The quantitative estimate of drug-likeness (QED) is 0.853. The zero-order valence-electron chi connectivity index (χ0n) is 10.3. The van der Waals surface area contributed by atoms with Crippen molar-refractivity contribution in [3.63, 3.8) is 0 Å². The number of amides is 2. The summed E-state index contributed by atoms with van der Waals surface area (Å²) in [5.41, 5.74) is 1.86. The van der Waals surface area contributed by atoms with Crippen LogP contribution in [0.2, 0.25) is 0 Å². The molecule has 0 aromatic heterocycles. The van der Waals surface area contributed by atoms with Gasteiger partial charge in [0.15, 0.2) is 0 Å². The van der Waals surface area contributed by atoms with Crippen LogP contribution in [-0.2, 0) is 9.59 Å². The van der Waals surface area contributed by atoms with Crippen molar-refractivity contribution in [1.82, 2.24) is 5.32 Å². The highest BCUT2D eigenvalue weighted by molar-refractivity contribution is 9.10. The van der Waals surface area contributed by atoms with Gasteiger partial charge in [-0.15, -0.1) is 0 Å². The summed E-state index contributed by atoms with van der Waals surface area (Å²) in [4.78, 5) is 24.2. The molecule has 1 aromatic carbocycles. The fraction of sp³-hybridized carbons (Fsp3) is 0.385. The van der Waals surface area contributed by atoms with Crippen LogP contribution < -0.4 is 10.2 Å². The molecule has 1 heterocycles. The van der Waals surface area contributed by atoms with E-state index in [4.69, 9.17) is 0 Å². The molecule has 0 saturated carbocycles. The number of anilines is 1. The minimum Gasteiger partial charge on any atom is -0.352 e. The first-order valence-corrected chi connectivity index (χ1v) is 6.63. The second-order valence-electron chi connectivity index (χ2n) is 4.51. The molecule has 5 heteroatoms. The van der Waals surface area contributed by atoms with Crippen molar-refractivity contribution in [2.24, 2.45) is 0 Å². The fourth-order valence-corrected chi connectivity index (χ4v) is 2.93. The van der Waals surface area contributed by atoms with Gasteiger partial charge in [0.25, 0.3) is 0 Å². The van der Waals surface area contributed by atoms with Crippen molar-refractivity contribution < 1.29 is 9.59 Å². The maximum absolute atomic E-state index is 11.7. The van der Waals surface area contributed by atoms with E-state index in [0.29, 0.717) is 6.41 Å². The molecule has 2 amide bonds. The van der Waals surface area contributed by atoms with Gasteiger partial charge in [-0.3, -0.25) is 9.59 Å². The Kier molecular flexibility index (Phi) is 3.71. The molecule has 1 aromatic rings. The molecule has 0 saturated heterocycles. The van der Waals surface area contributed by atoms with Crippen LogP contribution in [0.3, 0.4) is 0 Å². The van der Waals surface area contributed by atoms with E-state index in [0.717, 1.165) is 22.1 Å². The van der Waals surface area contributed by atoms with Gasteiger partial charge in [0.2, 0.25) is 12.3 Å². The molecule has 18 heavy (non-hydrogen) atoms. The van der Waals surface area contributed by atoms with Crippen molar-refractivity contribution in [2.45, 2.75) is 32.4 Å². The lowest BCUT2D eigenvalue weighted by Crippen LogP contribution is -2.44. The number of benzene rings is 1. The number of fused-ring (bicyclic) bond motifs is 1. The van der Waals surface area contributed by atoms with Crippen molar-refractivity contribution in [3.8, 4) is 0 Å². The summed E-state index contributed by atoms with van der Waals surface area (Å²) in [5.74, 6) is 0.0237. The Labute approximate surface area is 114 Å². The fourth-order valence-electron chi connectivity index (χ4n) is 2.55. The summed E-state index contributed by atoms with van der Waals surface area (Å²) in [6.45, 7) is 3.56. The number of nitrogens with one attached hydrogen (secondary N) is 1. The molecule has 4 nitrogen and oxygen atoms in total. The molecule has 0 bridgehead atoms. The summed E-state index contributed by atoms with van der Waals surface area (Å²) in [6.07, 6.45) is 1.44. The third kappa shape index (κ3) is 2.27. The molecule has 2 atom stereocenters. The third-order valence-corrected chi connectivity index (χ3v) is 3.74. The lowest BCUT2D eigenvalue weighted by molar-refractivity contribution is -0.117. The van der Waals surface area contributed by atoms with Gasteiger partial charge in [0.1, 0.15) is 0 Å². The highest BCUT2D eigenvalue weighted by atomic mass is 79.9. The first-order chi connectivity index (χ1) is 8.54. The standard InChI is InChI=1S/C13H15BrN2O2/c1-8-5-12(15-7-17)11-6-10(14)3-4-13(11)16(8)9(2)18/h3-4,6-8,12H,5H2,1-2H3,(H,15,17). The summed E-state index contributed by atoms with van der Waals surface area (Å²) >= 11 is 3.42. The Morgan fingerprint density at radius 3 is 2.89 bits per heavy atom. The third-order valence-electron chi connectivity index (χ3n) is 3.25. The number of rotatable bonds is 2. The van der Waals surface area contributed by atoms with Crippen LogP contribution in [0.4, 0.5) is 5.69 Å². The largest absolute Gasteiger partial charge is 0.352 e. The number of carbonyl (C=O) groups is 2. The van der Waals surface area contributed by atoms with Crippen LogP contribution in [-0.4, -0.2) is 18.4 Å². The van der Waals surface area contributed by atoms with Crippen LogP contribution in [0.25, 0.3) is 0 Å². The summed E-state index contributed by atoms with van der Waals surface area (Å²) in [7, 11) is 0. The highest BCUT2D eigenvalue weighted by Crippen LogP contribution is 2.38. The predicted octanol–water partition coefficient (Wildman–Crippen LogP) is 2.38. The van der Waals surface area contributed by atoms with Crippen LogP contribution >= 0.6 is 15.9 Å². The number of hydrogen-bond acceptors (Lipinski definition) is 2. The summed E-state index contributed by atoms with van der Waals surface area (Å²) < 4.78 is 0.942. The summed E-state index contributed by atoms with van der Waals surface area (Å²) in [6, 6.07) is 5.81. The van der Waals surface area contributed by atoms with Gasteiger partial charge in [0.05, 0.1) is 6.04 Å². The number of halogens is 1. The van der Waals surface area contributed by atoms with Crippen LogP contribution in [0.15, 0.2) is 22.7 Å². The topological polar surface area (TPSA) is 49.4 Å². The van der Waals surface area contributed by atoms with E-state index in [1.807, 2.05) is 25.1 Å². The molecule has 2 rings (SSSR count). The smallest absolute Gasteiger partial charge is 0.224 e. The Bertz CT molecular complexity index is 490. The Morgan fingerprint density at radius 2 is 2.28 bits per heavy atom. The number of hydrogen-bond donors (Lipinski definition) is 1. The van der Waals surface area contributed by atoms with E-state index in [-0.39, 0.29) is 18.0 Å². The van der Waals surface area contributed by atoms with Gasteiger partial charge in [-0.2, -0.15) is 0 Å². The van der Waals surface area contributed by atoms with Crippen molar-refractivity contribution >= 4 is 33.9 Å². The predicted molar refractivity (Wildman–Crippen MR) is 73.3 cm³/mol. The Morgan fingerprint density at radius 1 is 1.56 bits per heavy atom. The molecule has 1 aliphatic heterocycles. The average molecular weight is 311 g/mol. The molecule has 0 fully saturated rings. The Hall–Kier alpha value is -1.36. The van der Waals surface area contributed by atoms with Crippen LogP contribution in [0.1, 0.15) is 31.9 Å². The highest BCUT2D eigenvalue weighted by Gasteiger charge is 2.32. The number of nitrogens with zero attached hydrogens (tertiary/aromatic N) is 1. The van der Waals surface area contributed by atoms with Crippen LogP contribution in [0, 0.1) is 0 Å². The molecule has 96 valence electrons. The first kappa shape index (κ1) is 13.1. The van der Waals surface area contributed by atoms with Crippen molar-refractivity contribution in [1.29, 1.82) is 0 Å². The van der Waals surface area contributed by atoms with Gasteiger partial charge in [-0.25, -0.2) is 0 Å². The minimum absolute atomic E-state index is 0.0237. The minimum atomic E-state index is -0.0411. The lowest BCUT2D eigenvalue weighted by Gasteiger charge is -2.38. The molecule has 2 unspecified atom stereocenters. The van der Waals surface area contributed by atoms with E-state index in [1.165, 1.54) is 0 Å². The van der Waals surface area contributed by atoms with Crippen LogP contribution in [0.5, 0.6) is 0 Å². The molecular formula is C13H15BrN2O2. The van der Waals surface area contributed by atoms with E-state index in [1.54, 1.807) is 11.8 Å². The second-order valence-corrected chi connectivity index (χ2v) is 5.43. The zero-order chi connectivity index (χ0) is 13.3. The molecule has 1 aliphatic rings. The van der Waals surface area contributed by atoms with Gasteiger partial charge < -0.3 is 10.2 Å². The van der Waals surface area contributed by atoms with Crippen molar-refractivity contribution in [2.75, 3.05) is 4.90 Å². The molecule has 0 radical (unpaired) electrons. The van der Waals surface area contributed by atoms with Gasteiger partial charge in [0, 0.05) is 23.1 Å². The maximum Gasteiger partial charge on any atom is 0.224 e. The van der Waals surface area contributed by atoms with Crippen molar-refractivity contribution in [3.05, 3.63) is 28.2 Å². The second kappa shape index (κ2) is 5.10. The van der Waals surface area contributed by atoms with Gasteiger partial charge in [-0.05, 0) is 37.1 Å². The molecule has 0 spiro atoms. The zero-order valence-corrected chi connectivity index (χ0v) is 11.9.